The van der Waals surface area contributed by atoms with Crippen LogP contribution in [0.3, 0.4) is 0 Å². The number of carbonyl (C=O) groups excluding carboxylic acids is 1. The van der Waals surface area contributed by atoms with Gasteiger partial charge in [0.25, 0.3) is 5.91 Å². The van der Waals surface area contributed by atoms with Gasteiger partial charge in [0.1, 0.15) is 5.69 Å². The molecule has 6 nitrogen and oxygen atoms in total. The van der Waals surface area contributed by atoms with Crippen LogP contribution in [0.5, 0.6) is 0 Å². The smallest absolute Gasteiger partial charge is 0.319 e. The van der Waals surface area contributed by atoms with Crippen molar-refractivity contribution in [2.75, 3.05) is 7.05 Å². The lowest BCUT2D eigenvalue weighted by atomic mass is 10.3. The molecular formula is C14H16F2N4O2. The summed E-state index contributed by atoms with van der Waals surface area (Å²) in [6.07, 6.45) is 2.08. The van der Waals surface area contributed by atoms with Crippen molar-refractivity contribution >= 4 is 5.91 Å². The Morgan fingerprint density at radius 2 is 2.23 bits per heavy atom. The molecule has 3 rings (SSSR count). The minimum Gasteiger partial charge on any atom is -0.339 e. The molecule has 2 heterocycles. The van der Waals surface area contributed by atoms with E-state index in [9.17, 15) is 13.6 Å². The standard InChI is InChI=1S/C14H16F2N4O2/c1-8-3-6-10(20(8)14(15)16)13(21)19(2)7-11-17-12(22-18-11)9-4-5-9/h3,6,9,14H,4-5,7H2,1-2H3. The van der Waals surface area contributed by atoms with Crippen molar-refractivity contribution in [1.82, 2.24) is 19.6 Å². The Kier molecular flexibility index (Phi) is 3.67. The molecule has 1 saturated carbocycles. The number of rotatable bonds is 5. The lowest BCUT2D eigenvalue weighted by Crippen LogP contribution is -2.29. The Morgan fingerprint density at radius 3 is 2.86 bits per heavy atom. The summed E-state index contributed by atoms with van der Waals surface area (Å²) in [4.78, 5) is 17.9. The SMILES string of the molecule is Cc1ccc(C(=O)N(C)Cc2noc(C3CC3)n2)n1C(F)F. The van der Waals surface area contributed by atoms with Gasteiger partial charge in [-0.3, -0.25) is 9.36 Å². The molecule has 0 N–H and O–H groups in total. The highest BCUT2D eigenvalue weighted by atomic mass is 19.3. The quantitative estimate of drug-likeness (QED) is 0.852. The Labute approximate surface area is 125 Å². The molecule has 0 aromatic carbocycles. The Morgan fingerprint density at radius 1 is 1.50 bits per heavy atom. The first-order valence-corrected chi connectivity index (χ1v) is 7.01. The van der Waals surface area contributed by atoms with Crippen molar-refractivity contribution < 1.29 is 18.1 Å². The van der Waals surface area contributed by atoms with Crippen LogP contribution >= 0.6 is 0 Å². The van der Waals surface area contributed by atoms with Gasteiger partial charge in [0.05, 0.1) is 6.54 Å². The number of nitrogens with zero attached hydrogens (tertiary/aromatic N) is 4. The molecule has 1 aliphatic rings. The van der Waals surface area contributed by atoms with Gasteiger partial charge in [-0.1, -0.05) is 5.16 Å². The zero-order chi connectivity index (χ0) is 15.9. The minimum absolute atomic E-state index is 0.0547. The van der Waals surface area contributed by atoms with E-state index in [4.69, 9.17) is 4.52 Å². The van der Waals surface area contributed by atoms with Gasteiger partial charge >= 0.3 is 6.55 Å². The second-order valence-corrected chi connectivity index (χ2v) is 5.49. The topological polar surface area (TPSA) is 64.2 Å². The third-order valence-electron chi connectivity index (χ3n) is 3.67. The maximum absolute atomic E-state index is 13.0. The van der Waals surface area contributed by atoms with Gasteiger partial charge in [-0.05, 0) is 31.9 Å². The number of hydrogen-bond acceptors (Lipinski definition) is 4. The van der Waals surface area contributed by atoms with Gasteiger partial charge in [-0.25, -0.2) is 0 Å². The number of halogens is 2. The second kappa shape index (κ2) is 5.51. The average Bonchev–Trinajstić information content (AvgIpc) is 3.09. The molecule has 8 heteroatoms. The third-order valence-corrected chi connectivity index (χ3v) is 3.67. The third kappa shape index (κ3) is 2.72. The fraction of sp³-hybridized carbons (Fsp3) is 0.500. The molecule has 1 aliphatic carbocycles. The van der Waals surface area contributed by atoms with Crippen LogP contribution in [0, 0.1) is 6.92 Å². The van der Waals surface area contributed by atoms with Crippen LogP contribution in [0.25, 0.3) is 0 Å². The predicted molar refractivity (Wildman–Crippen MR) is 72.5 cm³/mol. The number of carbonyl (C=O) groups is 1. The van der Waals surface area contributed by atoms with E-state index in [1.54, 1.807) is 0 Å². The van der Waals surface area contributed by atoms with Gasteiger partial charge in [0.15, 0.2) is 5.82 Å². The molecule has 0 saturated heterocycles. The van der Waals surface area contributed by atoms with E-state index in [0.717, 1.165) is 12.8 Å². The zero-order valence-corrected chi connectivity index (χ0v) is 12.3. The van der Waals surface area contributed by atoms with Gasteiger partial charge in [-0.15, -0.1) is 0 Å². The summed E-state index contributed by atoms with van der Waals surface area (Å²) in [5, 5.41) is 3.82. The van der Waals surface area contributed by atoms with Crippen LogP contribution in [0.15, 0.2) is 16.7 Å². The molecule has 0 radical (unpaired) electrons. The van der Waals surface area contributed by atoms with Crippen molar-refractivity contribution in [1.29, 1.82) is 0 Å². The maximum Gasteiger partial charge on any atom is 0.319 e. The molecule has 0 bridgehead atoms. The normalized spacial score (nSPS) is 14.6. The summed E-state index contributed by atoms with van der Waals surface area (Å²) < 4.78 is 31.9. The molecule has 118 valence electrons. The maximum atomic E-state index is 13.0. The molecule has 2 aromatic heterocycles. The average molecular weight is 310 g/mol. The molecule has 0 unspecified atom stereocenters. The van der Waals surface area contributed by atoms with E-state index >= 15 is 0 Å². The van der Waals surface area contributed by atoms with Gasteiger partial charge in [0.2, 0.25) is 5.89 Å². The molecule has 2 aromatic rings. The van der Waals surface area contributed by atoms with E-state index in [1.807, 2.05) is 0 Å². The second-order valence-electron chi connectivity index (χ2n) is 5.49. The summed E-state index contributed by atoms with van der Waals surface area (Å²) in [7, 11) is 1.52. The number of hydrogen-bond donors (Lipinski definition) is 0. The molecule has 0 aliphatic heterocycles. The first-order valence-electron chi connectivity index (χ1n) is 7.01. The monoisotopic (exact) mass is 310 g/mol. The van der Waals surface area contributed by atoms with Gasteiger partial charge < -0.3 is 9.42 Å². The number of aryl methyl sites for hydroxylation is 1. The Bertz CT molecular complexity index is 691. The largest absolute Gasteiger partial charge is 0.339 e. The van der Waals surface area contributed by atoms with Crippen LogP contribution in [-0.2, 0) is 6.54 Å². The van der Waals surface area contributed by atoms with Gasteiger partial charge in [0, 0.05) is 18.7 Å². The van der Waals surface area contributed by atoms with Crippen molar-refractivity contribution in [3.05, 3.63) is 35.2 Å². The van der Waals surface area contributed by atoms with Crippen molar-refractivity contribution in [3.8, 4) is 0 Å². The number of amides is 1. The summed E-state index contributed by atoms with van der Waals surface area (Å²) in [6, 6.07) is 2.89. The zero-order valence-electron chi connectivity index (χ0n) is 12.3. The minimum atomic E-state index is -2.76. The highest BCUT2D eigenvalue weighted by Gasteiger charge is 2.30. The molecule has 1 amide bonds. The Balaban J connectivity index is 1.73. The van der Waals surface area contributed by atoms with Crippen LogP contribution in [0.1, 0.15) is 53.2 Å². The lowest BCUT2D eigenvalue weighted by Gasteiger charge is -2.17. The lowest BCUT2D eigenvalue weighted by molar-refractivity contribution is 0.0562. The van der Waals surface area contributed by atoms with Crippen LogP contribution in [0.2, 0.25) is 0 Å². The van der Waals surface area contributed by atoms with Crippen molar-refractivity contribution in [2.45, 2.75) is 38.8 Å². The summed E-state index contributed by atoms with van der Waals surface area (Å²) >= 11 is 0. The fourth-order valence-corrected chi connectivity index (χ4v) is 2.29. The van der Waals surface area contributed by atoms with E-state index < -0.39 is 12.5 Å². The van der Waals surface area contributed by atoms with Gasteiger partial charge in [-0.2, -0.15) is 13.8 Å². The molecule has 1 fully saturated rings. The first kappa shape index (κ1) is 14.7. The van der Waals surface area contributed by atoms with E-state index in [0.29, 0.717) is 27.9 Å². The van der Waals surface area contributed by atoms with E-state index in [2.05, 4.69) is 10.1 Å². The van der Waals surface area contributed by atoms with E-state index in [1.165, 1.54) is 31.0 Å². The first-order chi connectivity index (χ1) is 10.5. The summed E-state index contributed by atoms with van der Waals surface area (Å²) in [5.74, 6) is 0.791. The van der Waals surface area contributed by atoms with Crippen molar-refractivity contribution in [3.63, 3.8) is 0 Å². The Hall–Kier alpha value is -2.25. The highest BCUT2D eigenvalue weighted by molar-refractivity contribution is 5.92. The van der Waals surface area contributed by atoms with Crippen molar-refractivity contribution in [2.24, 2.45) is 0 Å². The molecular weight excluding hydrogens is 294 g/mol. The predicted octanol–water partition coefficient (Wildman–Crippen LogP) is 2.72. The molecule has 22 heavy (non-hydrogen) atoms. The summed E-state index contributed by atoms with van der Waals surface area (Å²) in [5.41, 5.74) is 0.281. The molecule has 0 spiro atoms. The van der Waals surface area contributed by atoms with Crippen LogP contribution in [-0.4, -0.2) is 32.6 Å². The van der Waals surface area contributed by atoms with E-state index in [-0.39, 0.29) is 12.2 Å². The fourth-order valence-electron chi connectivity index (χ4n) is 2.29. The molecule has 0 atom stereocenters. The number of aromatic nitrogens is 3. The number of alkyl halides is 2. The summed E-state index contributed by atoms with van der Waals surface area (Å²) in [6.45, 7) is -1.11. The van der Waals surface area contributed by atoms with Crippen LogP contribution in [0.4, 0.5) is 8.78 Å². The van der Waals surface area contributed by atoms with Crippen LogP contribution < -0.4 is 0 Å². The highest BCUT2D eigenvalue weighted by Crippen LogP contribution is 2.38.